The Hall–Kier alpha value is -0.610. The third-order valence-corrected chi connectivity index (χ3v) is 4.80. The van der Waals surface area contributed by atoms with Crippen LogP contribution in [-0.4, -0.2) is 31.6 Å². The fraction of sp³-hybridized carbons (Fsp3) is 0.538. The zero-order chi connectivity index (χ0) is 12.0. The summed E-state index contributed by atoms with van der Waals surface area (Å²) in [5.41, 5.74) is 2.40. The number of hydrogen-bond acceptors (Lipinski definition) is 2. The minimum Gasteiger partial charge on any atom is -0.383 e. The molecule has 0 aliphatic carbocycles. The van der Waals surface area contributed by atoms with Crippen molar-refractivity contribution in [2.24, 2.45) is 0 Å². The minimum atomic E-state index is -0.141. The van der Waals surface area contributed by atoms with Gasteiger partial charge < -0.3 is 10.2 Å². The number of rotatable bonds is 0. The van der Waals surface area contributed by atoms with Crippen LogP contribution in [0.15, 0.2) is 16.6 Å². The highest BCUT2D eigenvalue weighted by atomic mass is 79.9. The van der Waals surface area contributed by atoms with Crippen molar-refractivity contribution >= 4 is 21.6 Å². The van der Waals surface area contributed by atoms with Crippen LogP contribution in [0.5, 0.6) is 0 Å². The van der Waals surface area contributed by atoms with Crippen molar-refractivity contribution in [1.82, 2.24) is 4.90 Å². The first-order chi connectivity index (χ1) is 8.11. The molecule has 1 N–H and O–H groups in total. The zero-order valence-corrected chi connectivity index (χ0v) is 11.5. The lowest BCUT2D eigenvalue weighted by Crippen LogP contribution is -2.42. The molecule has 1 aromatic rings. The normalized spacial score (nSPS) is 22.5. The lowest BCUT2D eigenvalue weighted by Gasteiger charge is -2.37. The smallest absolute Gasteiger partial charge is 0.124 e. The summed E-state index contributed by atoms with van der Waals surface area (Å²) in [5, 5.41) is 3.44. The summed E-state index contributed by atoms with van der Waals surface area (Å²) in [6.45, 7) is 3.13. The summed E-state index contributed by atoms with van der Waals surface area (Å²) in [5.74, 6) is -0.141. The van der Waals surface area contributed by atoms with E-state index in [0.717, 1.165) is 48.2 Å². The van der Waals surface area contributed by atoms with Gasteiger partial charge in [-0.1, -0.05) is 0 Å². The summed E-state index contributed by atoms with van der Waals surface area (Å²) in [6, 6.07) is 3.26. The Balaban J connectivity index is 2.03. The van der Waals surface area contributed by atoms with Gasteiger partial charge in [-0.15, -0.1) is 0 Å². The van der Waals surface area contributed by atoms with Crippen molar-refractivity contribution in [2.75, 3.05) is 32.0 Å². The molecule has 2 aliphatic rings. The van der Waals surface area contributed by atoms with Crippen LogP contribution < -0.4 is 5.32 Å². The summed E-state index contributed by atoms with van der Waals surface area (Å²) < 4.78 is 14.4. The molecule has 17 heavy (non-hydrogen) atoms. The highest BCUT2D eigenvalue weighted by Gasteiger charge is 2.41. The van der Waals surface area contributed by atoms with Crippen LogP contribution in [0.1, 0.15) is 18.4 Å². The van der Waals surface area contributed by atoms with Crippen LogP contribution in [-0.2, 0) is 5.41 Å². The Morgan fingerprint density at radius 2 is 2.06 bits per heavy atom. The van der Waals surface area contributed by atoms with Crippen molar-refractivity contribution in [3.63, 3.8) is 0 Å². The maximum absolute atomic E-state index is 13.6. The lowest BCUT2D eigenvalue weighted by atomic mass is 9.74. The number of nitrogens with zero attached hydrogens (tertiary/aromatic N) is 1. The average molecular weight is 299 g/mol. The second kappa shape index (κ2) is 3.95. The van der Waals surface area contributed by atoms with Gasteiger partial charge in [0.15, 0.2) is 0 Å². The van der Waals surface area contributed by atoms with E-state index >= 15 is 0 Å². The Bertz CT molecular complexity index is 453. The monoisotopic (exact) mass is 298 g/mol. The quantitative estimate of drug-likeness (QED) is 0.792. The van der Waals surface area contributed by atoms with Gasteiger partial charge in [-0.2, -0.15) is 0 Å². The Morgan fingerprint density at radius 1 is 1.35 bits per heavy atom. The zero-order valence-electron chi connectivity index (χ0n) is 9.89. The van der Waals surface area contributed by atoms with Gasteiger partial charge in [-0.25, -0.2) is 4.39 Å². The maximum atomic E-state index is 13.6. The molecule has 0 bridgehead atoms. The molecule has 92 valence electrons. The van der Waals surface area contributed by atoms with Crippen LogP contribution >= 0.6 is 15.9 Å². The van der Waals surface area contributed by atoms with Gasteiger partial charge in [0.05, 0.1) is 5.69 Å². The van der Waals surface area contributed by atoms with Crippen molar-refractivity contribution < 1.29 is 4.39 Å². The SMILES string of the molecule is CN1CCC2(CC1)CNc1c(Br)cc(F)cc12. The van der Waals surface area contributed by atoms with E-state index in [0.29, 0.717) is 0 Å². The Kier molecular flexibility index (Phi) is 2.67. The van der Waals surface area contributed by atoms with Gasteiger partial charge in [0.25, 0.3) is 0 Å². The molecule has 1 fully saturated rings. The maximum Gasteiger partial charge on any atom is 0.124 e. The standard InChI is InChI=1S/C13H16BrFN2/c1-17-4-2-13(3-5-17)8-16-12-10(13)6-9(15)7-11(12)14/h6-7,16H,2-5,8H2,1H3. The summed E-state index contributed by atoms with van der Waals surface area (Å²) in [4.78, 5) is 2.34. The number of piperidine rings is 1. The highest BCUT2D eigenvalue weighted by molar-refractivity contribution is 9.10. The Morgan fingerprint density at radius 3 is 2.76 bits per heavy atom. The van der Waals surface area contributed by atoms with Crippen LogP contribution in [0.3, 0.4) is 0 Å². The minimum absolute atomic E-state index is 0.141. The van der Waals surface area contributed by atoms with Gasteiger partial charge in [-0.3, -0.25) is 0 Å². The van der Waals surface area contributed by atoms with Crippen molar-refractivity contribution in [3.8, 4) is 0 Å². The molecule has 0 radical (unpaired) electrons. The molecule has 4 heteroatoms. The number of anilines is 1. The molecular formula is C13H16BrFN2. The number of likely N-dealkylation sites (tertiary alicyclic amines) is 1. The number of fused-ring (bicyclic) bond motifs is 2. The van der Waals surface area contributed by atoms with E-state index < -0.39 is 0 Å². The molecule has 0 saturated carbocycles. The average Bonchev–Trinajstić information content (AvgIpc) is 2.63. The molecule has 0 atom stereocenters. The Labute approximate surface area is 109 Å². The van der Waals surface area contributed by atoms with E-state index in [1.165, 1.54) is 0 Å². The predicted molar refractivity (Wildman–Crippen MR) is 71.0 cm³/mol. The van der Waals surface area contributed by atoms with Crippen LogP contribution in [0.25, 0.3) is 0 Å². The highest BCUT2D eigenvalue weighted by Crippen LogP contribution is 2.46. The fourth-order valence-electron chi connectivity index (χ4n) is 3.02. The van der Waals surface area contributed by atoms with Crippen molar-refractivity contribution in [3.05, 3.63) is 28.0 Å². The molecule has 0 aromatic heterocycles. The first-order valence-corrected chi connectivity index (χ1v) is 6.82. The third kappa shape index (κ3) is 1.78. The van der Waals surface area contributed by atoms with Gasteiger partial charge in [0.1, 0.15) is 5.82 Å². The van der Waals surface area contributed by atoms with E-state index in [1.807, 2.05) is 0 Å². The van der Waals surface area contributed by atoms with Gasteiger partial charge >= 0.3 is 0 Å². The molecule has 0 unspecified atom stereocenters. The van der Waals surface area contributed by atoms with Crippen molar-refractivity contribution in [1.29, 1.82) is 0 Å². The van der Waals surface area contributed by atoms with Crippen LogP contribution in [0, 0.1) is 5.82 Å². The van der Waals surface area contributed by atoms with E-state index in [2.05, 4.69) is 33.2 Å². The van der Waals surface area contributed by atoms with Gasteiger partial charge in [0.2, 0.25) is 0 Å². The van der Waals surface area contributed by atoms with Crippen LogP contribution in [0.4, 0.5) is 10.1 Å². The van der Waals surface area contributed by atoms with E-state index in [9.17, 15) is 4.39 Å². The number of benzene rings is 1. The molecule has 2 heterocycles. The molecular weight excluding hydrogens is 283 g/mol. The molecule has 1 saturated heterocycles. The fourth-order valence-corrected chi connectivity index (χ4v) is 3.59. The van der Waals surface area contributed by atoms with Gasteiger partial charge in [-0.05, 0) is 66.6 Å². The molecule has 2 aliphatic heterocycles. The molecule has 2 nitrogen and oxygen atoms in total. The molecule has 3 rings (SSSR count). The lowest BCUT2D eigenvalue weighted by molar-refractivity contribution is 0.200. The molecule has 1 spiro atoms. The van der Waals surface area contributed by atoms with E-state index in [1.54, 1.807) is 12.1 Å². The van der Waals surface area contributed by atoms with E-state index in [-0.39, 0.29) is 11.2 Å². The largest absolute Gasteiger partial charge is 0.383 e. The predicted octanol–water partition coefficient (Wildman–Crippen LogP) is 2.98. The number of hydrogen-bond donors (Lipinski definition) is 1. The van der Waals surface area contributed by atoms with Crippen LogP contribution in [0.2, 0.25) is 0 Å². The topological polar surface area (TPSA) is 15.3 Å². The summed E-state index contributed by atoms with van der Waals surface area (Å²) >= 11 is 3.45. The first kappa shape index (κ1) is 11.5. The summed E-state index contributed by atoms with van der Waals surface area (Å²) in [6.07, 6.45) is 2.22. The molecule has 0 amide bonds. The summed E-state index contributed by atoms with van der Waals surface area (Å²) in [7, 11) is 2.15. The van der Waals surface area contributed by atoms with Gasteiger partial charge in [0, 0.05) is 16.4 Å². The first-order valence-electron chi connectivity index (χ1n) is 6.03. The molecule has 1 aromatic carbocycles. The second-order valence-electron chi connectivity index (χ2n) is 5.25. The number of nitrogens with one attached hydrogen (secondary N) is 1. The second-order valence-corrected chi connectivity index (χ2v) is 6.10. The van der Waals surface area contributed by atoms with E-state index in [4.69, 9.17) is 0 Å². The number of halogens is 2. The third-order valence-electron chi connectivity index (χ3n) is 4.17. The van der Waals surface area contributed by atoms with Crippen molar-refractivity contribution in [2.45, 2.75) is 18.3 Å².